The Morgan fingerprint density at radius 1 is 0.957 bits per heavy atom. The first-order chi connectivity index (χ1) is 11.3. The fraction of sp³-hybridized carbons (Fsp3) is 0.400. The Balaban J connectivity index is 1.55. The van der Waals surface area contributed by atoms with E-state index in [0.717, 1.165) is 23.7 Å². The topological polar surface area (TPSA) is 30.5 Å². The molecule has 0 bridgehead atoms. The number of benzene rings is 2. The molecule has 3 nitrogen and oxygen atoms in total. The van der Waals surface area contributed by atoms with Crippen LogP contribution in [0.15, 0.2) is 42.5 Å². The third-order valence-electron chi connectivity index (χ3n) is 5.12. The molecule has 3 heteroatoms. The minimum atomic E-state index is 0.671. The second-order valence-corrected chi connectivity index (χ2v) is 6.49. The molecule has 2 atom stereocenters. The Kier molecular flexibility index (Phi) is 3.96. The van der Waals surface area contributed by atoms with Crippen molar-refractivity contribution < 1.29 is 9.47 Å². The molecule has 2 aromatic rings. The molecule has 1 saturated heterocycles. The number of nitrogens with one attached hydrogen (secondary N) is 1. The molecule has 1 fully saturated rings. The molecule has 0 aromatic heterocycles. The largest absolute Gasteiger partial charge is 0.497 e. The molecular weight excluding hydrogens is 286 g/mol. The fourth-order valence-corrected chi connectivity index (χ4v) is 3.94. The summed E-state index contributed by atoms with van der Waals surface area (Å²) in [5, 5.41) is 3.68. The molecule has 0 amide bonds. The normalized spacial score (nSPS) is 22.8. The molecule has 4 rings (SSSR count). The van der Waals surface area contributed by atoms with Gasteiger partial charge >= 0.3 is 0 Å². The van der Waals surface area contributed by atoms with Crippen LogP contribution < -0.4 is 14.8 Å². The van der Waals surface area contributed by atoms with Gasteiger partial charge in [-0.3, -0.25) is 0 Å². The maximum atomic E-state index is 6.01. The summed E-state index contributed by atoms with van der Waals surface area (Å²) in [5.74, 6) is 3.30. The van der Waals surface area contributed by atoms with Crippen LogP contribution in [-0.2, 0) is 6.42 Å². The molecule has 23 heavy (non-hydrogen) atoms. The molecule has 1 N–H and O–H groups in total. The fourth-order valence-electron chi connectivity index (χ4n) is 3.94. The van der Waals surface area contributed by atoms with Crippen LogP contribution in [0.5, 0.6) is 17.2 Å². The van der Waals surface area contributed by atoms with E-state index in [2.05, 4.69) is 23.5 Å². The van der Waals surface area contributed by atoms with Crippen molar-refractivity contribution in [3.63, 3.8) is 0 Å². The number of hydrogen-bond acceptors (Lipinski definition) is 3. The molecule has 1 aliphatic carbocycles. The van der Waals surface area contributed by atoms with Crippen molar-refractivity contribution >= 4 is 0 Å². The first kappa shape index (κ1) is 14.6. The number of hydrogen-bond donors (Lipinski definition) is 1. The second-order valence-electron chi connectivity index (χ2n) is 6.49. The van der Waals surface area contributed by atoms with Gasteiger partial charge in [-0.15, -0.1) is 0 Å². The van der Waals surface area contributed by atoms with Crippen molar-refractivity contribution in [3.8, 4) is 17.2 Å². The smallest absolute Gasteiger partial charge is 0.127 e. The van der Waals surface area contributed by atoms with Crippen LogP contribution in [-0.4, -0.2) is 19.7 Å². The minimum absolute atomic E-state index is 0.671. The second kappa shape index (κ2) is 6.25. The van der Waals surface area contributed by atoms with Crippen molar-refractivity contribution in [2.45, 2.75) is 37.6 Å². The van der Waals surface area contributed by atoms with Crippen molar-refractivity contribution in [3.05, 3.63) is 53.6 Å². The summed E-state index contributed by atoms with van der Waals surface area (Å²) in [5.41, 5.74) is 2.98. The quantitative estimate of drug-likeness (QED) is 0.918. The molecule has 1 heterocycles. The maximum Gasteiger partial charge on any atom is 0.127 e. The van der Waals surface area contributed by atoms with Gasteiger partial charge < -0.3 is 14.8 Å². The van der Waals surface area contributed by atoms with Gasteiger partial charge in [-0.05, 0) is 85.7 Å². The summed E-state index contributed by atoms with van der Waals surface area (Å²) in [6.07, 6.45) is 4.97. The number of methoxy groups -OCH3 is 1. The number of aryl methyl sites for hydroxylation is 1. The predicted molar refractivity (Wildman–Crippen MR) is 91.6 cm³/mol. The van der Waals surface area contributed by atoms with Crippen molar-refractivity contribution in [2.24, 2.45) is 0 Å². The summed E-state index contributed by atoms with van der Waals surface area (Å²) >= 11 is 0. The monoisotopic (exact) mass is 309 g/mol. The Hall–Kier alpha value is -2.00. The van der Waals surface area contributed by atoms with Crippen molar-refractivity contribution in [1.82, 2.24) is 5.32 Å². The van der Waals surface area contributed by atoms with Crippen LogP contribution in [0, 0.1) is 0 Å². The lowest BCUT2D eigenvalue weighted by atomic mass is 9.75. The van der Waals surface area contributed by atoms with Gasteiger partial charge in [0.05, 0.1) is 7.11 Å². The Morgan fingerprint density at radius 3 is 2.57 bits per heavy atom. The summed E-state index contributed by atoms with van der Waals surface area (Å²) in [6, 6.07) is 15.0. The van der Waals surface area contributed by atoms with E-state index in [1.807, 2.05) is 24.3 Å². The molecule has 2 aromatic carbocycles. The lowest BCUT2D eigenvalue weighted by Crippen LogP contribution is -2.42. The van der Waals surface area contributed by atoms with Gasteiger partial charge in [-0.25, -0.2) is 0 Å². The van der Waals surface area contributed by atoms with Crippen LogP contribution in [0.4, 0.5) is 0 Å². The Morgan fingerprint density at radius 2 is 1.74 bits per heavy atom. The average Bonchev–Trinajstić information content (AvgIpc) is 2.62. The number of fused-ring (bicyclic) bond motifs is 3. The molecule has 0 spiro atoms. The first-order valence-corrected chi connectivity index (χ1v) is 8.51. The summed E-state index contributed by atoms with van der Waals surface area (Å²) in [6.45, 7) is 1.18. The molecule has 1 unspecified atom stereocenters. The lowest BCUT2D eigenvalue weighted by Gasteiger charge is -2.38. The van der Waals surface area contributed by atoms with Gasteiger partial charge in [0.1, 0.15) is 17.2 Å². The SMILES string of the molecule is COc1ccc(Oc2ccc3c(c2)CC[C@@H]2NCCCC32)cc1. The van der Waals surface area contributed by atoms with Gasteiger partial charge in [0.15, 0.2) is 0 Å². The zero-order chi connectivity index (χ0) is 15.6. The highest BCUT2D eigenvalue weighted by molar-refractivity contribution is 5.43. The number of ether oxygens (including phenoxy) is 2. The third-order valence-corrected chi connectivity index (χ3v) is 5.12. The van der Waals surface area contributed by atoms with Gasteiger partial charge in [-0.2, -0.15) is 0 Å². The van der Waals surface area contributed by atoms with E-state index in [0.29, 0.717) is 12.0 Å². The van der Waals surface area contributed by atoms with Crippen LogP contribution in [0.25, 0.3) is 0 Å². The van der Waals surface area contributed by atoms with Gasteiger partial charge in [0.2, 0.25) is 0 Å². The third kappa shape index (κ3) is 2.93. The van der Waals surface area contributed by atoms with Gasteiger partial charge in [-0.1, -0.05) is 6.07 Å². The zero-order valence-electron chi connectivity index (χ0n) is 13.5. The zero-order valence-corrected chi connectivity index (χ0v) is 13.5. The first-order valence-electron chi connectivity index (χ1n) is 8.51. The van der Waals surface area contributed by atoms with E-state index in [4.69, 9.17) is 9.47 Å². The molecule has 1 aliphatic heterocycles. The number of rotatable bonds is 3. The summed E-state index contributed by atoms with van der Waals surface area (Å²) in [4.78, 5) is 0. The molecular formula is C20H23NO2. The Labute approximate surface area is 137 Å². The van der Waals surface area contributed by atoms with Gasteiger partial charge in [0.25, 0.3) is 0 Å². The van der Waals surface area contributed by atoms with Gasteiger partial charge in [0, 0.05) is 6.04 Å². The van der Waals surface area contributed by atoms with E-state index < -0.39 is 0 Å². The van der Waals surface area contributed by atoms with Crippen molar-refractivity contribution in [2.75, 3.05) is 13.7 Å². The number of piperidine rings is 1. The van der Waals surface area contributed by atoms with E-state index >= 15 is 0 Å². The lowest BCUT2D eigenvalue weighted by molar-refractivity contribution is 0.319. The standard InChI is InChI=1S/C20H23NO2/c1-22-15-5-7-16(8-6-15)23-17-9-10-18-14(13-17)4-11-20-19(18)3-2-12-21-20/h5-10,13,19-21H,2-4,11-12H2,1H3/t19?,20-/m0/s1. The van der Waals surface area contributed by atoms with E-state index in [1.54, 1.807) is 7.11 Å². The van der Waals surface area contributed by atoms with E-state index in [9.17, 15) is 0 Å². The highest BCUT2D eigenvalue weighted by Crippen LogP contribution is 2.39. The minimum Gasteiger partial charge on any atom is -0.497 e. The Bertz CT molecular complexity index is 681. The summed E-state index contributed by atoms with van der Waals surface area (Å²) in [7, 11) is 1.67. The predicted octanol–water partition coefficient (Wildman–Crippen LogP) is 4.27. The van der Waals surface area contributed by atoms with Crippen molar-refractivity contribution in [1.29, 1.82) is 0 Å². The van der Waals surface area contributed by atoms with E-state index in [1.165, 1.54) is 36.9 Å². The molecule has 0 saturated carbocycles. The summed E-state index contributed by atoms with van der Waals surface area (Å²) < 4.78 is 11.2. The highest BCUT2D eigenvalue weighted by atomic mass is 16.5. The van der Waals surface area contributed by atoms with Crippen LogP contribution in [0.2, 0.25) is 0 Å². The highest BCUT2D eigenvalue weighted by Gasteiger charge is 2.31. The molecule has 120 valence electrons. The van der Waals surface area contributed by atoms with Crippen LogP contribution in [0.3, 0.4) is 0 Å². The van der Waals surface area contributed by atoms with Crippen LogP contribution in [0.1, 0.15) is 36.3 Å². The van der Waals surface area contributed by atoms with E-state index in [-0.39, 0.29) is 0 Å². The van der Waals surface area contributed by atoms with Crippen LogP contribution >= 0.6 is 0 Å². The molecule has 0 radical (unpaired) electrons. The molecule has 2 aliphatic rings. The maximum absolute atomic E-state index is 6.01. The average molecular weight is 309 g/mol.